The van der Waals surface area contributed by atoms with E-state index in [2.05, 4.69) is 15.3 Å². The molecule has 2 aliphatic rings. The first kappa shape index (κ1) is 24.1. The molecule has 2 unspecified atom stereocenters. The topological polar surface area (TPSA) is 94.4 Å². The minimum absolute atomic E-state index is 0.196. The highest BCUT2D eigenvalue weighted by Crippen LogP contribution is 2.33. The van der Waals surface area contributed by atoms with E-state index in [-0.39, 0.29) is 42.5 Å². The minimum Gasteiger partial charge on any atom is -0.364 e. The Kier molecular flexibility index (Phi) is 6.60. The summed E-state index contributed by atoms with van der Waals surface area (Å²) in [6.45, 7) is 0.00972. The number of benzene rings is 1. The van der Waals surface area contributed by atoms with Gasteiger partial charge in [-0.1, -0.05) is 0 Å². The monoisotopic (exact) mass is 480 g/mol. The molecule has 4 rings (SSSR count). The third-order valence-corrected chi connectivity index (χ3v) is 6.29. The summed E-state index contributed by atoms with van der Waals surface area (Å²) in [5.41, 5.74) is -0.584. The summed E-state index contributed by atoms with van der Waals surface area (Å²) in [5, 5.41) is 11.8. The van der Waals surface area contributed by atoms with Crippen LogP contribution >= 0.6 is 0 Å². The van der Waals surface area contributed by atoms with Crippen molar-refractivity contribution in [2.24, 2.45) is 0 Å². The highest BCUT2D eigenvalue weighted by atomic mass is 19.4. The molecule has 2 fully saturated rings. The predicted octanol–water partition coefficient (Wildman–Crippen LogP) is 2.19. The van der Waals surface area contributed by atoms with Crippen molar-refractivity contribution in [3.05, 3.63) is 30.1 Å². The Hall–Kier alpha value is -3.04. The molecule has 2 atom stereocenters. The number of nitriles is 1. The largest absolute Gasteiger partial charge is 0.416 e. The predicted molar refractivity (Wildman–Crippen MR) is 115 cm³/mol. The number of hydrogen-bond acceptors (Lipinski definition) is 7. The second-order valence-electron chi connectivity index (χ2n) is 8.73. The van der Waals surface area contributed by atoms with E-state index in [1.54, 1.807) is 0 Å². The van der Waals surface area contributed by atoms with Crippen molar-refractivity contribution in [2.45, 2.75) is 36.9 Å². The molecule has 2 aliphatic heterocycles. The van der Waals surface area contributed by atoms with Gasteiger partial charge in [0.15, 0.2) is 12.2 Å². The third kappa shape index (κ3) is 5.05. The fourth-order valence-corrected chi connectivity index (χ4v) is 4.22. The van der Waals surface area contributed by atoms with Crippen LogP contribution in [0.25, 0.3) is 11.0 Å². The Labute approximate surface area is 193 Å². The van der Waals surface area contributed by atoms with Crippen LogP contribution in [0.1, 0.15) is 18.4 Å². The van der Waals surface area contributed by atoms with Crippen LogP contribution in [0, 0.1) is 11.3 Å². The van der Waals surface area contributed by atoms with Crippen molar-refractivity contribution in [1.29, 1.82) is 5.26 Å². The van der Waals surface area contributed by atoms with Gasteiger partial charge in [-0.2, -0.15) is 18.4 Å². The highest BCUT2D eigenvalue weighted by molar-refractivity contribution is 5.92. The van der Waals surface area contributed by atoms with Crippen LogP contribution in [0.2, 0.25) is 0 Å². The number of nitrogens with one attached hydrogen (secondary N) is 1. The number of rotatable bonds is 4. The van der Waals surface area contributed by atoms with E-state index in [1.807, 2.05) is 18.0 Å². The standard InChI is InChI=1S/C22H24F4N6O2/c1-31-8-4-21(23,5-9-31)13-30-20(33)16-11-32(12-17(34-16)22(24,25)26)15-3-2-14(10-27)18-19(15)29-7-6-28-18/h2-3,6-7,16-17H,4-5,8-9,11-13H2,1H3,(H,30,33). The summed E-state index contributed by atoms with van der Waals surface area (Å²) in [7, 11) is 1.87. The Bertz CT molecular complexity index is 1100. The first-order chi connectivity index (χ1) is 16.1. The Morgan fingerprint density at radius 3 is 2.56 bits per heavy atom. The number of amides is 1. The molecule has 0 saturated carbocycles. The average Bonchev–Trinajstić information content (AvgIpc) is 2.83. The average molecular weight is 480 g/mol. The molecule has 1 N–H and O–H groups in total. The van der Waals surface area contributed by atoms with Crippen LogP contribution in [-0.2, 0) is 9.53 Å². The van der Waals surface area contributed by atoms with Crippen molar-refractivity contribution < 1.29 is 27.1 Å². The zero-order chi connectivity index (χ0) is 24.5. The molecular formula is C22H24F4N6O2. The van der Waals surface area contributed by atoms with E-state index >= 15 is 4.39 Å². The molecule has 12 heteroatoms. The molecule has 2 saturated heterocycles. The molecule has 3 heterocycles. The number of ether oxygens (including phenoxy) is 1. The number of nitrogens with zero attached hydrogens (tertiary/aromatic N) is 5. The van der Waals surface area contributed by atoms with Gasteiger partial charge in [0.25, 0.3) is 5.91 Å². The molecule has 182 valence electrons. The van der Waals surface area contributed by atoms with Crippen LogP contribution in [0.15, 0.2) is 24.5 Å². The van der Waals surface area contributed by atoms with E-state index in [1.165, 1.54) is 29.4 Å². The number of morpholine rings is 1. The number of alkyl halides is 4. The maximum atomic E-state index is 15.0. The zero-order valence-electron chi connectivity index (χ0n) is 18.5. The molecule has 2 aromatic rings. The van der Waals surface area contributed by atoms with Gasteiger partial charge in [-0.25, -0.2) is 4.39 Å². The van der Waals surface area contributed by atoms with Gasteiger partial charge in [0.2, 0.25) is 0 Å². The molecule has 1 aromatic carbocycles. The number of anilines is 1. The lowest BCUT2D eigenvalue weighted by atomic mass is 9.93. The number of likely N-dealkylation sites (tertiary alicyclic amines) is 1. The van der Waals surface area contributed by atoms with E-state index in [4.69, 9.17) is 4.74 Å². The van der Waals surface area contributed by atoms with Crippen LogP contribution < -0.4 is 10.2 Å². The van der Waals surface area contributed by atoms with Gasteiger partial charge >= 0.3 is 6.18 Å². The van der Waals surface area contributed by atoms with Crippen LogP contribution in [0.5, 0.6) is 0 Å². The lowest BCUT2D eigenvalue weighted by Crippen LogP contribution is -2.58. The molecule has 1 aromatic heterocycles. The SMILES string of the molecule is CN1CCC(F)(CNC(=O)C2CN(c3ccc(C#N)c4nccnc34)CC(C(F)(F)F)O2)CC1. The van der Waals surface area contributed by atoms with Gasteiger partial charge in [0.05, 0.1) is 30.9 Å². The summed E-state index contributed by atoms with van der Waals surface area (Å²) >= 11 is 0. The zero-order valence-corrected chi connectivity index (χ0v) is 18.5. The van der Waals surface area contributed by atoms with Crippen LogP contribution in [0.3, 0.4) is 0 Å². The summed E-state index contributed by atoms with van der Waals surface area (Å²) in [4.78, 5) is 24.4. The first-order valence-electron chi connectivity index (χ1n) is 10.9. The molecular weight excluding hydrogens is 456 g/mol. The van der Waals surface area contributed by atoms with Gasteiger partial charge in [0.1, 0.15) is 22.8 Å². The fraction of sp³-hybridized carbons (Fsp3) is 0.545. The maximum Gasteiger partial charge on any atom is 0.416 e. The maximum absolute atomic E-state index is 15.0. The lowest BCUT2D eigenvalue weighted by Gasteiger charge is -2.40. The number of halogens is 4. The lowest BCUT2D eigenvalue weighted by molar-refractivity contribution is -0.234. The summed E-state index contributed by atoms with van der Waals surface area (Å²) in [5.74, 6) is -0.807. The van der Waals surface area contributed by atoms with Crippen molar-refractivity contribution in [2.75, 3.05) is 44.7 Å². The smallest absolute Gasteiger partial charge is 0.364 e. The molecule has 0 radical (unpaired) electrons. The van der Waals surface area contributed by atoms with Crippen LogP contribution in [0.4, 0.5) is 23.2 Å². The quantitative estimate of drug-likeness (QED) is 0.671. The number of fused-ring (bicyclic) bond motifs is 1. The van der Waals surface area contributed by atoms with Crippen molar-refractivity contribution in [3.63, 3.8) is 0 Å². The number of aromatic nitrogens is 2. The van der Waals surface area contributed by atoms with Gasteiger partial charge in [-0.3, -0.25) is 14.8 Å². The normalized spacial score (nSPS) is 23.5. The Morgan fingerprint density at radius 2 is 1.91 bits per heavy atom. The van der Waals surface area contributed by atoms with Gasteiger partial charge in [0, 0.05) is 25.5 Å². The minimum atomic E-state index is -4.72. The number of carbonyl (C=O) groups excluding carboxylic acids is 1. The molecule has 8 nitrogen and oxygen atoms in total. The second kappa shape index (κ2) is 9.31. The molecule has 34 heavy (non-hydrogen) atoms. The van der Waals surface area contributed by atoms with E-state index in [9.17, 15) is 23.2 Å². The van der Waals surface area contributed by atoms with Gasteiger partial charge < -0.3 is 19.9 Å². The third-order valence-electron chi connectivity index (χ3n) is 6.29. The van der Waals surface area contributed by atoms with E-state index < -0.39 is 36.5 Å². The Morgan fingerprint density at radius 1 is 1.24 bits per heavy atom. The Balaban J connectivity index is 1.56. The molecule has 0 bridgehead atoms. The van der Waals surface area contributed by atoms with E-state index in [0.717, 1.165) is 0 Å². The summed E-state index contributed by atoms with van der Waals surface area (Å²) in [6.07, 6.45) is -5.22. The van der Waals surface area contributed by atoms with Crippen molar-refractivity contribution >= 4 is 22.6 Å². The number of carbonyl (C=O) groups is 1. The summed E-state index contributed by atoms with van der Waals surface area (Å²) < 4.78 is 61.1. The van der Waals surface area contributed by atoms with Crippen molar-refractivity contribution in [1.82, 2.24) is 20.2 Å². The fourth-order valence-electron chi connectivity index (χ4n) is 4.22. The first-order valence-corrected chi connectivity index (χ1v) is 10.9. The van der Waals surface area contributed by atoms with Gasteiger partial charge in [-0.15, -0.1) is 0 Å². The molecule has 0 aliphatic carbocycles. The number of hydrogen-bond donors (Lipinski definition) is 1. The highest BCUT2D eigenvalue weighted by Gasteiger charge is 2.48. The summed E-state index contributed by atoms with van der Waals surface area (Å²) in [6, 6.07) is 4.92. The van der Waals surface area contributed by atoms with Crippen LogP contribution in [-0.4, -0.2) is 84.6 Å². The number of piperidine rings is 1. The van der Waals surface area contributed by atoms with Crippen molar-refractivity contribution in [3.8, 4) is 6.07 Å². The molecule has 1 amide bonds. The van der Waals surface area contributed by atoms with Gasteiger partial charge in [-0.05, 0) is 32.0 Å². The molecule has 0 spiro atoms. The second-order valence-corrected chi connectivity index (χ2v) is 8.73. The van der Waals surface area contributed by atoms with E-state index in [0.29, 0.717) is 18.8 Å².